The van der Waals surface area contributed by atoms with Crippen molar-refractivity contribution in [2.24, 2.45) is 17.3 Å². The molecule has 3 unspecified atom stereocenters. The summed E-state index contributed by atoms with van der Waals surface area (Å²) < 4.78 is 4.66. The molecule has 0 amide bonds. The zero-order valence-corrected chi connectivity index (χ0v) is 7.37. The van der Waals surface area contributed by atoms with E-state index in [4.69, 9.17) is 0 Å². The van der Waals surface area contributed by atoms with Crippen LogP contribution in [0.1, 0.15) is 19.8 Å². The van der Waals surface area contributed by atoms with E-state index < -0.39 is 0 Å². The molecule has 68 valence electrons. The third-order valence-electron chi connectivity index (χ3n) is 3.63. The maximum Gasteiger partial charge on any atom is 0.321 e. The summed E-state index contributed by atoms with van der Waals surface area (Å²) in [6.07, 6.45) is 3.93. The standard InChI is InChI=1S/C10H10O3/c1-10-3-2-5(4-10)6-7(10)9(12)13-8(6)11/h2,6-7H,3-4H2,1H3. The van der Waals surface area contributed by atoms with Gasteiger partial charge in [0.25, 0.3) is 0 Å². The molecule has 1 aliphatic heterocycles. The van der Waals surface area contributed by atoms with E-state index in [0.29, 0.717) is 0 Å². The number of hydrogen-bond donors (Lipinski definition) is 0. The molecule has 1 saturated heterocycles. The fourth-order valence-electron chi connectivity index (χ4n) is 3.00. The Labute approximate surface area is 75.8 Å². The first-order valence-electron chi connectivity index (χ1n) is 4.56. The molecule has 3 aliphatic rings. The largest absolute Gasteiger partial charge is 0.392 e. The Kier molecular flexibility index (Phi) is 1.05. The number of carbonyl (C=O) groups excluding carboxylic acids is 2. The summed E-state index contributed by atoms with van der Waals surface area (Å²) in [5.41, 5.74) is 1.10. The number of cyclic esters (lactones) is 2. The quantitative estimate of drug-likeness (QED) is 0.316. The SMILES string of the molecule is CC12CC=C(C1)C1C(=O)OC(=O)C12. The number of fused-ring (bicyclic) bond motifs is 5. The molecule has 0 aromatic heterocycles. The molecule has 3 rings (SSSR count). The van der Waals surface area contributed by atoms with Crippen molar-refractivity contribution in [2.75, 3.05) is 0 Å². The van der Waals surface area contributed by atoms with Gasteiger partial charge in [0.1, 0.15) is 0 Å². The molecule has 2 bridgehead atoms. The van der Waals surface area contributed by atoms with E-state index in [1.807, 2.05) is 0 Å². The number of carbonyl (C=O) groups is 2. The van der Waals surface area contributed by atoms with Crippen LogP contribution in [0, 0.1) is 17.3 Å². The summed E-state index contributed by atoms with van der Waals surface area (Å²) in [7, 11) is 0. The highest BCUT2D eigenvalue weighted by Gasteiger charge is 2.62. The highest BCUT2D eigenvalue weighted by molar-refractivity contribution is 6.00. The topological polar surface area (TPSA) is 43.4 Å². The molecule has 1 heterocycles. The van der Waals surface area contributed by atoms with Crippen molar-refractivity contribution in [2.45, 2.75) is 19.8 Å². The number of hydrogen-bond acceptors (Lipinski definition) is 3. The Morgan fingerprint density at radius 2 is 2.23 bits per heavy atom. The molecule has 0 aromatic carbocycles. The van der Waals surface area contributed by atoms with Gasteiger partial charge in [-0.25, -0.2) is 0 Å². The summed E-state index contributed by atoms with van der Waals surface area (Å²) >= 11 is 0. The zero-order chi connectivity index (χ0) is 9.22. The van der Waals surface area contributed by atoms with E-state index in [1.54, 1.807) is 0 Å². The predicted octanol–water partition coefficient (Wildman–Crippen LogP) is 1.04. The highest BCUT2D eigenvalue weighted by atomic mass is 16.6. The minimum absolute atomic E-state index is 0.0246. The van der Waals surface area contributed by atoms with Crippen molar-refractivity contribution in [1.29, 1.82) is 0 Å². The van der Waals surface area contributed by atoms with Crippen LogP contribution in [-0.2, 0) is 14.3 Å². The van der Waals surface area contributed by atoms with Crippen LogP contribution in [0.2, 0.25) is 0 Å². The van der Waals surface area contributed by atoms with Crippen LogP contribution < -0.4 is 0 Å². The molecule has 0 radical (unpaired) electrons. The van der Waals surface area contributed by atoms with Crippen molar-refractivity contribution >= 4 is 11.9 Å². The number of ether oxygens (including phenoxy) is 1. The van der Waals surface area contributed by atoms with Gasteiger partial charge in [-0.15, -0.1) is 0 Å². The first kappa shape index (κ1) is 7.30. The molecule has 2 fully saturated rings. The Morgan fingerprint density at radius 3 is 2.92 bits per heavy atom. The Bertz CT molecular complexity index is 355. The van der Waals surface area contributed by atoms with Crippen LogP contribution in [0.5, 0.6) is 0 Å². The van der Waals surface area contributed by atoms with Gasteiger partial charge < -0.3 is 4.74 Å². The molecular formula is C10H10O3. The van der Waals surface area contributed by atoms with Gasteiger partial charge >= 0.3 is 11.9 Å². The maximum absolute atomic E-state index is 11.4. The van der Waals surface area contributed by atoms with Gasteiger partial charge in [-0.2, -0.15) is 0 Å². The van der Waals surface area contributed by atoms with Crippen LogP contribution in [0.15, 0.2) is 11.6 Å². The second-order valence-electron chi connectivity index (χ2n) is 4.51. The van der Waals surface area contributed by atoms with Crippen molar-refractivity contribution in [1.82, 2.24) is 0 Å². The van der Waals surface area contributed by atoms with Crippen molar-refractivity contribution < 1.29 is 14.3 Å². The normalized spacial score (nSPS) is 46.4. The minimum atomic E-state index is -0.329. The van der Waals surface area contributed by atoms with E-state index >= 15 is 0 Å². The van der Waals surface area contributed by atoms with Crippen molar-refractivity contribution in [3.8, 4) is 0 Å². The summed E-state index contributed by atoms with van der Waals surface area (Å²) in [6.45, 7) is 2.07. The highest BCUT2D eigenvalue weighted by Crippen LogP contribution is 2.59. The monoisotopic (exact) mass is 178 g/mol. The lowest BCUT2D eigenvalue weighted by Gasteiger charge is -2.25. The molecule has 3 atom stereocenters. The van der Waals surface area contributed by atoms with E-state index in [-0.39, 0.29) is 29.2 Å². The van der Waals surface area contributed by atoms with Crippen LogP contribution in [0.25, 0.3) is 0 Å². The minimum Gasteiger partial charge on any atom is -0.392 e. The lowest BCUT2D eigenvalue weighted by Crippen LogP contribution is -2.28. The van der Waals surface area contributed by atoms with Crippen molar-refractivity contribution in [3.63, 3.8) is 0 Å². The maximum atomic E-state index is 11.4. The lowest BCUT2D eigenvalue weighted by atomic mass is 9.75. The van der Waals surface area contributed by atoms with Crippen LogP contribution in [-0.4, -0.2) is 11.9 Å². The molecule has 0 aromatic rings. The third kappa shape index (κ3) is 0.666. The number of esters is 2. The van der Waals surface area contributed by atoms with E-state index in [2.05, 4.69) is 17.7 Å². The van der Waals surface area contributed by atoms with Gasteiger partial charge in [-0.3, -0.25) is 9.59 Å². The number of rotatable bonds is 0. The first-order valence-corrected chi connectivity index (χ1v) is 4.56. The zero-order valence-electron chi connectivity index (χ0n) is 7.37. The Morgan fingerprint density at radius 1 is 1.46 bits per heavy atom. The smallest absolute Gasteiger partial charge is 0.321 e. The number of allylic oxidation sites excluding steroid dienone is 1. The summed E-state index contributed by atoms with van der Waals surface area (Å²) in [5.74, 6) is -1.04. The van der Waals surface area contributed by atoms with Gasteiger partial charge in [-0.1, -0.05) is 18.6 Å². The molecule has 2 aliphatic carbocycles. The first-order chi connectivity index (χ1) is 6.12. The molecule has 0 N–H and O–H groups in total. The Balaban J connectivity index is 2.15. The molecule has 1 saturated carbocycles. The van der Waals surface area contributed by atoms with Gasteiger partial charge in [0.05, 0.1) is 11.8 Å². The predicted molar refractivity (Wildman–Crippen MR) is 43.5 cm³/mol. The van der Waals surface area contributed by atoms with Gasteiger partial charge in [0, 0.05) is 0 Å². The van der Waals surface area contributed by atoms with Gasteiger partial charge in [-0.05, 0) is 18.3 Å². The second kappa shape index (κ2) is 1.86. The summed E-state index contributed by atoms with van der Waals surface area (Å²) in [6, 6.07) is 0. The third-order valence-corrected chi connectivity index (χ3v) is 3.63. The fraction of sp³-hybridized carbons (Fsp3) is 0.600. The second-order valence-corrected chi connectivity index (χ2v) is 4.51. The van der Waals surface area contributed by atoms with Crippen LogP contribution >= 0.6 is 0 Å². The van der Waals surface area contributed by atoms with Gasteiger partial charge in [0.15, 0.2) is 0 Å². The van der Waals surface area contributed by atoms with Gasteiger partial charge in [0.2, 0.25) is 0 Å². The fourth-order valence-corrected chi connectivity index (χ4v) is 3.00. The van der Waals surface area contributed by atoms with E-state index in [1.165, 1.54) is 0 Å². The lowest BCUT2D eigenvalue weighted by molar-refractivity contribution is -0.154. The van der Waals surface area contributed by atoms with Crippen LogP contribution in [0.3, 0.4) is 0 Å². The van der Waals surface area contributed by atoms with E-state index in [9.17, 15) is 9.59 Å². The average Bonchev–Trinajstić information content (AvgIpc) is 2.62. The summed E-state index contributed by atoms with van der Waals surface area (Å²) in [4.78, 5) is 22.7. The Hall–Kier alpha value is -1.12. The van der Waals surface area contributed by atoms with Crippen molar-refractivity contribution in [3.05, 3.63) is 11.6 Å². The molecule has 3 nitrogen and oxygen atoms in total. The average molecular weight is 178 g/mol. The van der Waals surface area contributed by atoms with Crippen LogP contribution in [0.4, 0.5) is 0 Å². The molecule has 0 spiro atoms. The molecule has 3 heteroatoms. The molecule has 13 heavy (non-hydrogen) atoms. The summed E-state index contributed by atoms with van der Waals surface area (Å²) in [5, 5.41) is 0. The van der Waals surface area contributed by atoms with E-state index in [0.717, 1.165) is 18.4 Å². The molecular weight excluding hydrogens is 168 g/mol.